The third-order valence-corrected chi connectivity index (χ3v) is 0.572. The van der Waals surface area contributed by atoms with Crippen LogP contribution < -0.4 is 0 Å². The first-order valence-electron chi connectivity index (χ1n) is 1.84. The zero-order valence-corrected chi connectivity index (χ0v) is 4.87. The van der Waals surface area contributed by atoms with Crippen LogP contribution in [0.15, 0.2) is 0 Å². The molecule has 0 aromatic rings. The maximum absolute atomic E-state index is 5.23. The standard InChI is InChI=1S/C4H9ClN/c1-6(2)4-3-5/h3H,4H2,1-2H3. The van der Waals surface area contributed by atoms with Crippen LogP contribution in [0.2, 0.25) is 0 Å². The molecule has 1 nitrogen and oxygen atoms in total. The summed E-state index contributed by atoms with van der Waals surface area (Å²) in [6.45, 7) is 0.849. The Hall–Kier alpha value is 0.250. The molecular weight excluding hydrogens is 97.5 g/mol. The summed E-state index contributed by atoms with van der Waals surface area (Å²) < 4.78 is 0. The molecule has 0 rings (SSSR count). The molecule has 0 N–H and O–H groups in total. The van der Waals surface area contributed by atoms with Crippen LogP contribution in [0.5, 0.6) is 0 Å². The van der Waals surface area contributed by atoms with Crippen molar-refractivity contribution in [2.75, 3.05) is 20.6 Å². The van der Waals surface area contributed by atoms with Gasteiger partial charge < -0.3 is 4.90 Å². The summed E-state index contributed by atoms with van der Waals surface area (Å²) in [5, 5.41) is 0. The first-order chi connectivity index (χ1) is 2.77. The highest BCUT2D eigenvalue weighted by molar-refractivity contribution is 6.23. The van der Waals surface area contributed by atoms with E-state index in [1.54, 1.807) is 5.88 Å². The molecule has 0 saturated heterocycles. The second-order valence-corrected chi connectivity index (χ2v) is 1.73. The lowest BCUT2D eigenvalue weighted by Gasteiger charge is -2.02. The zero-order chi connectivity index (χ0) is 4.99. The fourth-order valence-electron chi connectivity index (χ4n) is 0.138. The zero-order valence-electron chi connectivity index (χ0n) is 4.11. The smallest absolute Gasteiger partial charge is 0.0638 e. The van der Waals surface area contributed by atoms with Crippen LogP contribution in [0, 0.1) is 5.88 Å². The van der Waals surface area contributed by atoms with Crippen molar-refractivity contribution in [1.29, 1.82) is 0 Å². The van der Waals surface area contributed by atoms with Crippen molar-refractivity contribution in [3.05, 3.63) is 5.88 Å². The van der Waals surface area contributed by atoms with Crippen molar-refractivity contribution in [2.24, 2.45) is 0 Å². The van der Waals surface area contributed by atoms with E-state index < -0.39 is 0 Å². The van der Waals surface area contributed by atoms with Crippen molar-refractivity contribution in [1.82, 2.24) is 4.90 Å². The minimum absolute atomic E-state index is 0.849. The molecule has 0 atom stereocenters. The molecule has 37 valence electrons. The molecule has 1 radical (unpaired) electrons. The number of nitrogens with zero attached hydrogens (tertiary/aromatic N) is 1. The van der Waals surface area contributed by atoms with E-state index in [-0.39, 0.29) is 0 Å². The van der Waals surface area contributed by atoms with Crippen LogP contribution in [0.1, 0.15) is 0 Å². The molecular formula is C4H9ClN. The third kappa shape index (κ3) is 4.25. The van der Waals surface area contributed by atoms with Crippen LogP contribution in [-0.4, -0.2) is 25.5 Å². The molecule has 2 heteroatoms. The van der Waals surface area contributed by atoms with Gasteiger partial charge in [-0.25, -0.2) is 0 Å². The number of hydrogen-bond acceptors (Lipinski definition) is 1. The Balaban J connectivity index is 2.63. The molecule has 0 bridgehead atoms. The average molecular weight is 107 g/mol. The molecule has 0 aliphatic rings. The van der Waals surface area contributed by atoms with Crippen LogP contribution in [0.3, 0.4) is 0 Å². The van der Waals surface area contributed by atoms with Gasteiger partial charge in [0, 0.05) is 6.54 Å². The SMILES string of the molecule is CN(C)C[CH]Cl. The van der Waals surface area contributed by atoms with Gasteiger partial charge in [-0.05, 0) is 14.1 Å². The lowest BCUT2D eigenvalue weighted by molar-refractivity contribution is 0.451. The van der Waals surface area contributed by atoms with E-state index in [0.717, 1.165) is 6.54 Å². The second-order valence-electron chi connectivity index (χ2n) is 1.42. The lowest BCUT2D eigenvalue weighted by atomic mass is 10.7. The first kappa shape index (κ1) is 6.25. The summed E-state index contributed by atoms with van der Waals surface area (Å²) in [6.07, 6.45) is 0. The van der Waals surface area contributed by atoms with Gasteiger partial charge in [0.15, 0.2) is 0 Å². The maximum atomic E-state index is 5.23. The van der Waals surface area contributed by atoms with Crippen molar-refractivity contribution in [2.45, 2.75) is 0 Å². The van der Waals surface area contributed by atoms with E-state index in [2.05, 4.69) is 0 Å². The molecule has 0 fully saturated rings. The quantitative estimate of drug-likeness (QED) is 0.507. The van der Waals surface area contributed by atoms with Gasteiger partial charge in [0.25, 0.3) is 0 Å². The van der Waals surface area contributed by atoms with Crippen molar-refractivity contribution < 1.29 is 0 Å². The maximum Gasteiger partial charge on any atom is 0.0638 e. The fourth-order valence-corrected chi connectivity index (χ4v) is 0.414. The highest BCUT2D eigenvalue weighted by Crippen LogP contribution is 1.83. The highest BCUT2D eigenvalue weighted by atomic mass is 35.5. The van der Waals surface area contributed by atoms with Crippen LogP contribution >= 0.6 is 11.6 Å². The number of halogens is 1. The van der Waals surface area contributed by atoms with Crippen molar-refractivity contribution in [3.8, 4) is 0 Å². The molecule has 0 aromatic heterocycles. The molecule has 0 saturated carbocycles. The minimum atomic E-state index is 0.849. The lowest BCUT2D eigenvalue weighted by Crippen LogP contribution is -2.11. The molecule has 0 aromatic carbocycles. The summed E-state index contributed by atoms with van der Waals surface area (Å²) in [6, 6.07) is 0. The Morgan fingerprint density at radius 1 is 1.67 bits per heavy atom. The Labute approximate surface area is 43.9 Å². The van der Waals surface area contributed by atoms with Crippen LogP contribution in [0.25, 0.3) is 0 Å². The van der Waals surface area contributed by atoms with Crippen molar-refractivity contribution >= 4 is 11.6 Å². The summed E-state index contributed by atoms with van der Waals surface area (Å²) in [7, 11) is 3.94. The minimum Gasteiger partial charge on any atom is -0.308 e. The predicted molar refractivity (Wildman–Crippen MR) is 28.7 cm³/mol. The average Bonchev–Trinajstić information content (AvgIpc) is 1.35. The highest BCUT2D eigenvalue weighted by Gasteiger charge is 1.81. The van der Waals surface area contributed by atoms with Gasteiger partial charge in [-0.3, -0.25) is 0 Å². The van der Waals surface area contributed by atoms with Crippen LogP contribution in [0.4, 0.5) is 0 Å². The summed E-state index contributed by atoms with van der Waals surface area (Å²) in [5.74, 6) is 1.60. The number of rotatable bonds is 2. The second kappa shape index (κ2) is 3.44. The van der Waals surface area contributed by atoms with E-state index in [9.17, 15) is 0 Å². The monoisotopic (exact) mass is 106 g/mol. The molecule has 0 unspecified atom stereocenters. The van der Waals surface area contributed by atoms with Crippen molar-refractivity contribution in [3.63, 3.8) is 0 Å². The Morgan fingerprint density at radius 3 is 2.17 bits per heavy atom. The fraction of sp³-hybridized carbons (Fsp3) is 0.750. The van der Waals surface area contributed by atoms with E-state index in [4.69, 9.17) is 11.6 Å². The summed E-state index contributed by atoms with van der Waals surface area (Å²) >= 11 is 5.23. The molecule has 0 spiro atoms. The predicted octanol–water partition coefficient (Wildman–Crippen LogP) is 0.949. The third-order valence-electron chi connectivity index (χ3n) is 0.434. The molecule has 0 aliphatic carbocycles. The van der Waals surface area contributed by atoms with E-state index >= 15 is 0 Å². The van der Waals surface area contributed by atoms with Gasteiger partial charge in [-0.15, -0.1) is 11.6 Å². The Kier molecular flexibility index (Phi) is 3.58. The van der Waals surface area contributed by atoms with Gasteiger partial charge in [0.2, 0.25) is 0 Å². The Morgan fingerprint density at radius 2 is 2.17 bits per heavy atom. The molecule has 0 heterocycles. The molecule has 0 aliphatic heterocycles. The summed E-state index contributed by atoms with van der Waals surface area (Å²) in [4.78, 5) is 1.99. The van der Waals surface area contributed by atoms with Gasteiger partial charge in [0.05, 0.1) is 5.88 Å². The molecule has 0 amide bonds. The van der Waals surface area contributed by atoms with Gasteiger partial charge >= 0.3 is 0 Å². The normalized spacial score (nSPS) is 10.0. The first-order valence-corrected chi connectivity index (χ1v) is 2.27. The van der Waals surface area contributed by atoms with E-state index in [1.165, 1.54) is 0 Å². The van der Waals surface area contributed by atoms with Gasteiger partial charge in [-0.2, -0.15) is 0 Å². The molecule has 6 heavy (non-hydrogen) atoms. The topological polar surface area (TPSA) is 3.24 Å². The summed E-state index contributed by atoms with van der Waals surface area (Å²) in [5.41, 5.74) is 0. The van der Waals surface area contributed by atoms with E-state index in [1.807, 2.05) is 19.0 Å². The van der Waals surface area contributed by atoms with Gasteiger partial charge in [-0.1, -0.05) is 0 Å². The Bertz CT molecular complexity index is 28.7. The number of hydrogen-bond donors (Lipinski definition) is 0. The van der Waals surface area contributed by atoms with E-state index in [0.29, 0.717) is 0 Å². The van der Waals surface area contributed by atoms with Gasteiger partial charge in [0.1, 0.15) is 0 Å². The largest absolute Gasteiger partial charge is 0.308 e. The van der Waals surface area contributed by atoms with Crippen LogP contribution in [-0.2, 0) is 0 Å².